The van der Waals surface area contributed by atoms with E-state index in [1.54, 1.807) is 0 Å². The van der Waals surface area contributed by atoms with Crippen molar-refractivity contribution >= 4 is 16.1 Å². The van der Waals surface area contributed by atoms with Gasteiger partial charge in [-0.25, -0.2) is 0 Å². The highest BCUT2D eigenvalue weighted by Gasteiger charge is 2.22. The highest BCUT2D eigenvalue weighted by atomic mass is 29.2. The van der Waals surface area contributed by atoms with Gasteiger partial charge >= 0.3 is 0 Å². The average molecular weight is 133 g/mol. The van der Waals surface area contributed by atoms with Crippen molar-refractivity contribution in [2.45, 2.75) is 26.2 Å². The van der Waals surface area contributed by atoms with Crippen LogP contribution in [-0.4, -0.2) is 20.9 Å². The molecule has 7 heavy (non-hydrogen) atoms. The standard InChI is InChI=1S/C4H13OSi2/c1-6(5)7(2,3)4/h5H,1-4H3. The summed E-state index contributed by atoms with van der Waals surface area (Å²) < 4.78 is 0. The van der Waals surface area contributed by atoms with Crippen LogP contribution in [0.2, 0.25) is 26.2 Å². The first-order valence-electron chi connectivity index (χ1n) is 2.47. The lowest BCUT2D eigenvalue weighted by Crippen LogP contribution is -2.39. The molecule has 0 aromatic carbocycles. The van der Waals surface area contributed by atoms with Gasteiger partial charge in [-0.15, -0.1) is 0 Å². The molecule has 0 aliphatic rings. The first-order valence-corrected chi connectivity index (χ1v) is 8.92. The molecule has 0 aliphatic carbocycles. The highest BCUT2D eigenvalue weighted by molar-refractivity contribution is 7.28. The summed E-state index contributed by atoms with van der Waals surface area (Å²) in [6.45, 7) is 8.56. The minimum atomic E-state index is -1.08. The van der Waals surface area contributed by atoms with Crippen LogP contribution >= 0.6 is 0 Å². The van der Waals surface area contributed by atoms with Crippen molar-refractivity contribution in [1.29, 1.82) is 0 Å². The van der Waals surface area contributed by atoms with E-state index in [0.29, 0.717) is 0 Å². The van der Waals surface area contributed by atoms with E-state index in [-0.39, 0.29) is 0 Å². The van der Waals surface area contributed by atoms with Gasteiger partial charge in [-0.05, 0) is 6.55 Å². The summed E-state index contributed by atoms with van der Waals surface area (Å²) in [6.07, 6.45) is 0. The maximum atomic E-state index is 9.05. The largest absolute Gasteiger partial charge is 0.435 e. The zero-order chi connectivity index (χ0) is 6.08. The highest BCUT2D eigenvalue weighted by Crippen LogP contribution is 2.01. The Balaban J connectivity index is 3.54. The van der Waals surface area contributed by atoms with Crippen molar-refractivity contribution < 1.29 is 4.80 Å². The van der Waals surface area contributed by atoms with E-state index >= 15 is 0 Å². The molecule has 0 saturated carbocycles. The van der Waals surface area contributed by atoms with Gasteiger partial charge in [0.05, 0.1) is 7.59 Å². The second-order valence-electron chi connectivity index (χ2n) is 2.84. The van der Waals surface area contributed by atoms with Crippen LogP contribution in [0.1, 0.15) is 0 Å². The molecule has 0 bridgehead atoms. The molecule has 0 atom stereocenters. The Morgan fingerprint density at radius 3 is 1.43 bits per heavy atom. The summed E-state index contributed by atoms with van der Waals surface area (Å²) in [7, 11) is -1.99. The maximum absolute atomic E-state index is 9.05. The molecule has 1 N–H and O–H groups in total. The average Bonchev–Trinajstić information content (AvgIpc) is 1.31. The third-order valence-corrected chi connectivity index (χ3v) is 9.77. The van der Waals surface area contributed by atoms with Gasteiger partial charge in [-0.3, -0.25) is 0 Å². The predicted octanol–water partition coefficient (Wildman–Crippen LogP) is 1.02. The SMILES string of the molecule is C[Si](O)[Si](C)(C)C. The van der Waals surface area contributed by atoms with E-state index in [9.17, 15) is 0 Å². The molecular weight excluding hydrogens is 120 g/mol. The molecule has 0 fully saturated rings. The fraction of sp³-hybridized carbons (Fsp3) is 1.00. The van der Waals surface area contributed by atoms with Crippen LogP contribution in [0.3, 0.4) is 0 Å². The molecule has 0 amide bonds. The van der Waals surface area contributed by atoms with E-state index in [0.717, 1.165) is 0 Å². The van der Waals surface area contributed by atoms with Gasteiger partial charge in [0.2, 0.25) is 0 Å². The minimum Gasteiger partial charge on any atom is -0.435 e. The van der Waals surface area contributed by atoms with Gasteiger partial charge in [-0.1, -0.05) is 19.6 Å². The van der Waals surface area contributed by atoms with Crippen LogP contribution in [0.25, 0.3) is 0 Å². The van der Waals surface area contributed by atoms with Gasteiger partial charge < -0.3 is 4.80 Å². The number of hydrogen-bond acceptors (Lipinski definition) is 1. The molecular formula is C4H13OSi2. The lowest BCUT2D eigenvalue weighted by molar-refractivity contribution is 0.597. The van der Waals surface area contributed by atoms with Crippen LogP contribution in [0.5, 0.6) is 0 Å². The van der Waals surface area contributed by atoms with E-state index in [1.165, 1.54) is 0 Å². The zero-order valence-corrected chi connectivity index (χ0v) is 7.45. The van der Waals surface area contributed by atoms with Gasteiger partial charge in [-0.2, -0.15) is 0 Å². The van der Waals surface area contributed by atoms with E-state index in [1.807, 2.05) is 6.55 Å². The summed E-state index contributed by atoms with van der Waals surface area (Å²) in [5.74, 6) is 0. The van der Waals surface area contributed by atoms with Crippen LogP contribution in [0, 0.1) is 0 Å². The number of hydrogen-bond donors (Lipinski definition) is 1. The van der Waals surface area contributed by atoms with Gasteiger partial charge in [0, 0.05) is 0 Å². The van der Waals surface area contributed by atoms with E-state index < -0.39 is 16.1 Å². The second-order valence-corrected chi connectivity index (χ2v) is 15.2. The molecule has 43 valence electrons. The Morgan fingerprint density at radius 2 is 1.43 bits per heavy atom. The summed E-state index contributed by atoms with van der Waals surface area (Å²) in [5, 5.41) is 0. The summed E-state index contributed by atoms with van der Waals surface area (Å²) in [5.41, 5.74) is 0. The smallest absolute Gasteiger partial charge is 0.188 e. The Labute approximate surface area is 47.9 Å². The molecule has 0 spiro atoms. The van der Waals surface area contributed by atoms with Crippen molar-refractivity contribution in [2.75, 3.05) is 0 Å². The number of rotatable bonds is 1. The molecule has 0 aliphatic heterocycles. The fourth-order valence-electron chi connectivity index (χ4n) is 0. The zero-order valence-electron chi connectivity index (χ0n) is 5.45. The predicted molar refractivity (Wildman–Crippen MR) is 37.2 cm³/mol. The van der Waals surface area contributed by atoms with Gasteiger partial charge in [0.1, 0.15) is 0 Å². The van der Waals surface area contributed by atoms with E-state index in [2.05, 4.69) is 19.6 Å². The Bertz CT molecular complexity index is 55.2. The van der Waals surface area contributed by atoms with E-state index in [4.69, 9.17) is 4.80 Å². The molecule has 0 aromatic rings. The molecule has 0 unspecified atom stereocenters. The van der Waals surface area contributed by atoms with Crippen LogP contribution in [0.15, 0.2) is 0 Å². The molecule has 0 rings (SSSR count). The van der Waals surface area contributed by atoms with Crippen LogP contribution in [0.4, 0.5) is 0 Å². The topological polar surface area (TPSA) is 20.2 Å². The van der Waals surface area contributed by atoms with Crippen molar-refractivity contribution in [2.24, 2.45) is 0 Å². The quantitative estimate of drug-likeness (QED) is 0.529. The normalized spacial score (nSPS) is 12.9. The van der Waals surface area contributed by atoms with Crippen LogP contribution in [-0.2, 0) is 0 Å². The third-order valence-electron chi connectivity index (χ3n) is 1.09. The summed E-state index contributed by atoms with van der Waals surface area (Å²) >= 11 is 0. The minimum absolute atomic E-state index is 0.911. The summed E-state index contributed by atoms with van der Waals surface area (Å²) in [4.78, 5) is 9.05. The first-order chi connectivity index (χ1) is 2.94. The first kappa shape index (κ1) is 7.39. The third kappa shape index (κ3) is 3.02. The molecule has 0 saturated heterocycles. The Hall–Kier alpha value is 0.394. The molecule has 0 aromatic heterocycles. The van der Waals surface area contributed by atoms with Crippen molar-refractivity contribution in [1.82, 2.24) is 0 Å². The van der Waals surface area contributed by atoms with Gasteiger partial charge in [0.15, 0.2) is 8.56 Å². The van der Waals surface area contributed by atoms with Crippen molar-refractivity contribution in [3.8, 4) is 0 Å². The maximum Gasteiger partial charge on any atom is 0.188 e. The second kappa shape index (κ2) is 2.11. The molecule has 0 heterocycles. The molecule has 1 radical (unpaired) electrons. The Kier molecular flexibility index (Phi) is 2.23. The van der Waals surface area contributed by atoms with Crippen molar-refractivity contribution in [3.63, 3.8) is 0 Å². The van der Waals surface area contributed by atoms with Crippen LogP contribution < -0.4 is 0 Å². The Morgan fingerprint density at radius 1 is 1.29 bits per heavy atom. The fourth-order valence-corrected chi connectivity index (χ4v) is 0. The molecule has 3 heteroatoms. The monoisotopic (exact) mass is 133 g/mol. The summed E-state index contributed by atoms with van der Waals surface area (Å²) in [6, 6.07) is 0. The molecule has 1 nitrogen and oxygen atoms in total. The lowest BCUT2D eigenvalue weighted by atomic mass is 11.8. The van der Waals surface area contributed by atoms with Gasteiger partial charge in [0.25, 0.3) is 0 Å². The lowest BCUT2D eigenvalue weighted by Gasteiger charge is -2.15. The van der Waals surface area contributed by atoms with Crippen molar-refractivity contribution in [3.05, 3.63) is 0 Å².